The lowest BCUT2D eigenvalue weighted by Gasteiger charge is -2.07. The van der Waals surface area contributed by atoms with Crippen LogP contribution >= 0.6 is 11.6 Å². The van der Waals surface area contributed by atoms with Gasteiger partial charge in [-0.15, -0.1) is 0 Å². The van der Waals surface area contributed by atoms with E-state index in [2.05, 4.69) is 15.5 Å². The van der Waals surface area contributed by atoms with Gasteiger partial charge in [-0.1, -0.05) is 29.8 Å². The first-order chi connectivity index (χ1) is 10.1. The Morgan fingerprint density at radius 1 is 1.33 bits per heavy atom. The number of hydrogen-bond donors (Lipinski definition) is 2. The van der Waals surface area contributed by atoms with E-state index in [1.165, 1.54) is 10.8 Å². The van der Waals surface area contributed by atoms with E-state index in [4.69, 9.17) is 11.6 Å². The normalized spacial score (nSPS) is 10.7. The van der Waals surface area contributed by atoms with E-state index in [-0.39, 0.29) is 23.2 Å². The van der Waals surface area contributed by atoms with Gasteiger partial charge in [0.25, 0.3) is 5.56 Å². The van der Waals surface area contributed by atoms with Crippen molar-refractivity contribution >= 4 is 34.0 Å². The Kier molecular flexibility index (Phi) is 3.45. The maximum absolute atomic E-state index is 12.3. The lowest BCUT2D eigenvalue weighted by atomic mass is 10.2. The molecule has 0 radical (unpaired) electrons. The van der Waals surface area contributed by atoms with Crippen molar-refractivity contribution in [2.75, 3.05) is 5.32 Å². The summed E-state index contributed by atoms with van der Waals surface area (Å²) in [6.45, 7) is -0.0921. The molecular weight excluding hydrogens is 292 g/mol. The lowest BCUT2D eigenvalue weighted by Crippen LogP contribution is -2.27. The molecule has 1 amide bonds. The molecule has 0 aliphatic rings. The molecule has 0 aliphatic heterocycles. The maximum Gasteiger partial charge on any atom is 0.258 e. The highest BCUT2D eigenvalue weighted by Gasteiger charge is 2.10. The third kappa shape index (κ3) is 2.66. The Hall–Kier alpha value is -2.60. The van der Waals surface area contributed by atoms with Crippen molar-refractivity contribution in [3.8, 4) is 0 Å². The smallest absolute Gasteiger partial charge is 0.258 e. The second-order valence-electron chi connectivity index (χ2n) is 4.48. The molecule has 3 rings (SSSR count). The number of hydrogen-bond acceptors (Lipinski definition) is 3. The fraction of sp³-hybridized carbons (Fsp3) is 0.0714. The summed E-state index contributed by atoms with van der Waals surface area (Å²) in [6, 6.07) is 9.04. The van der Waals surface area contributed by atoms with Gasteiger partial charge in [0.2, 0.25) is 5.91 Å². The van der Waals surface area contributed by atoms with Crippen LogP contribution in [0.4, 0.5) is 5.69 Å². The highest BCUT2D eigenvalue weighted by molar-refractivity contribution is 6.32. The van der Waals surface area contributed by atoms with Crippen molar-refractivity contribution in [1.82, 2.24) is 14.8 Å². The Labute approximate surface area is 124 Å². The first-order valence-corrected chi connectivity index (χ1v) is 6.60. The average Bonchev–Trinajstić information content (AvgIpc) is 2.87. The first-order valence-electron chi connectivity index (χ1n) is 6.22. The summed E-state index contributed by atoms with van der Waals surface area (Å²) in [6.07, 6.45) is 3.00. The van der Waals surface area contributed by atoms with Crippen LogP contribution in [0.5, 0.6) is 0 Å². The molecule has 2 heterocycles. The van der Waals surface area contributed by atoms with Gasteiger partial charge in [-0.2, -0.15) is 5.10 Å². The zero-order chi connectivity index (χ0) is 14.8. The number of rotatable bonds is 3. The Bertz CT molecular complexity index is 869. The minimum atomic E-state index is -0.351. The summed E-state index contributed by atoms with van der Waals surface area (Å²) in [5, 5.41) is 10.5. The van der Waals surface area contributed by atoms with Gasteiger partial charge in [0.15, 0.2) is 0 Å². The number of amides is 1. The highest BCUT2D eigenvalue weighted by atomic mass is 35.5. The van der Waals surface area contributed by atoms with Gasteiger partial charge >= 0.3 is 0 Å². The van der Waals surface area contributed by atoms with Gasteiger partial charge in [-0.25, -0.2) is 0 Å². The second kappa shape index (κ2) is 5.41. The number of aromatic nitrogens is 3. The number of pyridine rings is 1. The molecule has 0 spiro atoms. The number of benzene rings is 1. The molecule has 1 aromatic carbocycles. The number of aromatic amines is 1. The van der Waals surface area contributed by atoms with Crippen molar-refractivity contribution in [2.45, 2.75) is 6.54 Å². The van der Waals surface area contributed by atoms with E-state index in [9.17, 15) is 9.59 Å². The number of halogens is 1. The monoisotopic (exact) mass is 302 g/mol. The minimum Gasteiger partial charge on any atom is -0.321 e. The summed E-state index contributed by atoms with van der Waals surface area (Å²) in [5.74, 6) is -0.351. The van der Waals surface area contributed by atoms with Crippen LogP contribution in [0.15, 0.2) is 47.5 Å². The third-order valence-corrected chi connectivity index (χ3v) is 3.36. The summed E-state index contributed by atoms with van der Waals surface area (Å²) < 4.78 is 1.35. The van der Waals surface area contributed by atoms with Crippen molar-refractivity contribution in [2.24, 2.45) is 0 Å². The van der Waals surface area contributed by atoms with E-state index in [1.54, 1.807) is 24.4 Å². The quantitative estimate of drug-likeness (QED) is 0.777. The number of nitrogens with zero attached hydrogens (tertiary/aromatic N) is 2. The molecule has 106 valence electrons. The maximum atomic E-state index is 12.3. The van der Waals surface area contributed by atoms with Crippen LogP contribution in [0.1, 0.15) is 0 Å². The lowest BCUT2D eigenvalue weighted by molar-refractivity contribution is -0.116. The SMILES string of the molecule is O=C(Cn1ccc2ccccc2c1=O)Nc1cn[nH]c1Cl. The first kappa shape index (κ1) is 13.4. The highest BCUT2D eigenvalue weighted by Crippen LogP contribution is 2.16. The molecule has 3 aromatic rings. The second-order valence-corrected chi connectivity index (χ2v) is 4.86. The molecule has 0 atom stereocenters. The molecule has 0 bridgehead atoms. The molecule has 0 saturated heterocycles. The molecule has 21 heavy (non-hydrogen) atoms. The fourth-order valence-electron chi connectivity index (χ4n) is 2.06. The zero-order valence-electron chi connectivity index (χ0n) is 10.8. The predicted octanol–water partition coefficient (Wildman–Crippen LogP) is 2.02. The van der Waals surface area contributed by atoms with Gasteiger partial charge in [0.1, 0.15) is 11.7 Å². The zero-order valence-corrected chi connectivity index (χ0v) is 11.6. The minimum absolute atomic E-state index is 0.0921. The third-order valence-electron chi connectivity index (χ3n) is 3.07. The topological polar surface area (TPSA) is 79.8 Å². The summed E-state index contributed by atoms with van der Waals surface area (Å²) in [4.78, 5) is 24.2. The summed E-state index contributed by atoms with van der Waals surface area (Å²) in [5.41, 5.74) is 0.178. The Morgan fingerprint density at radius 2 is 2.14 bits per heavy atom. The number of carbonyl (C=O) groups excluding carboxylic acids is 1. The number of nitrogens with one attached hydrogen (secondary N) is 2. The molecule has 0 unspecified atom stereocenters. The van der Waals surface area contributed by atoms with Gasteiger partial charge in [0.05, 0.1) is 11.9 Å². The van der Waals surface area contributed by atoms with Gasteiger partial charge < -0.3 is 9.88 Å². The largest absolute Gasteiger partial charge is 0.321 e. The van der Waals surface area contributed by atoms with Crippen LogP contribution in [0.25, 0.3) is 10.8 Å². The van der Waals surface area contributed by atoms with Crippen LogP contribution < -0.4 is 10.9 Å². The molecule has 0 fully saturated rings. The Balaban J connectivity index is 1.85. The van der Waals surface area contributed by atoms with Gasteiger partial charge in [0, 0.05) is 11.6 Å². The molecule has 7 heteroatoms. The average molecular weight is 303 g/mol. The van der Waals surface area contributed by atoms with Gasteiger partial charge in [-0.3, -0.25) is 14.7 Å². The predicted molar refractivity (Wildman–Crippen MR) is 80.4 cm³/mol. The van der Waals surface area contributed by atoms with Crippen LogP contribution in [0.2, 0.25) is 5.15 Å². The molecule has 6 nitrogen and oxygen atoms in total. The van der Waals surface area contributed by atoms with Crippen molar-refractivity contribution < 1.29 is 4.79 Å². The molecule has 2 aromatic heterocycles. The fourth-order valence-corrected chi connectivity index (χ4v) is 2.20. The van der Waals surface area contributed by atoms with Crippen LogP contribution in [-0.2, 0) is 11.3 Å². The Morgan fingerprint density at radius 3 is 2.90 bits per heavy atom. The summed E-state index contributed by atoms with van der Waals surface area (Å²) in [7, 11) is 0. The molecule has 0 saturated carbocycles. The van der Waals surface area contributed by atoms with Crippen LogP contribution in [-0.4, -0.2) is 20.7 Å². The molecule has 0 aliphatic carbocycles. The standard InChI is InChI=1S/C14H11ClN4O2/c15-13-11(7-16-18-13)17-12(20)8-19-6-5-9-3-1-2-4-10(9)14(19)21/h1-7H,8H2,(H,16,18)(H,17,20). The molecular formula is C14H11ClN4O2. The van der Waals surface area contributed by atoms with Gasteiger partial charge in [-0.05, 0) is 17.5 Å². The number of anilines is 1. The number of fused-ring (bicyclic) bond motifs is 1. The van der Waals surface area contributed by atoms with E-state index in [1.807, 2.05) is 12.1 Å². The number of carbonyl (C=O) groups is 1. The summed E-state index contributed by atoms with van der Waals surface area (Å²) >= 11 is 5.79. The van der Waals surface area contributed by atoms with Crippen molar-refractivity contribution in [3.05, 3.63) is 58.2 Å². The number of H-pyrrole nitrogens is 1. The molecule has 2 N–H and O–H groups in total. The van der Waals surface area contributed by atoms with E-state index < -0.39 is 0 Å². The van der Waals surface area contributed by atoms with Crippen LogP contribution in [0, 0.1) is 0 Å². The van der Waals surface area contributed by atoms with E-state index in [0.29, 0.717) is 11.1 Å². The van der Waals surface area contributed by atoms with E-state index >= 15 is 0 Å². The van der Waals surface area contributed by atoms with Crippen LogP contribution in [0.3, 0.4) is 0 Å². The van der Waals surface area contributed by atoms with Crippen molar-refractivity contribution in [3.63, 3.8) is 0 Å². The van der Waals surface area contributed by atoms with E-state index in [0.717, 1.165) is 5.39 Å². The van der Waals surface area contributed by atoms with Crippen molar-refractivity contribution in [1.29, 1.82) is 0 Å².